The molecule has 10 heteroatoms. The predicted octanol–water partition coefficient (Wildman–Crippen LogP) is 3.73. The van der Waals surface area contributed by atoms with Gasteiger partial charge < -0.3 is 19.7 Å². The Kier molecular flexibility index (Phi) is 10.1. The molecule has 0 radical (unpaired) electrons. The average Bonchev–Trinajstić information content (AvgIpc) is 2.99. The summed E-state index contributed by atoms with van der Waals surface area (Å²) in [6.07, 6.45) is 13.9. The van der Waals surface area contributed by atoms with E-state index in [9.17, 15) is 18.0 Å². The smallest absolute Gasteiger partial charge is 0.410 e. The van der Waals surface area contributed by atoms with Crippen molar-refractivity contribution in [3.8, 4) is 0 Å². The van der Waals surface area contributed by atoms with Crippen LogP contribution in [0.3, 0.4) is 0 Å². The molecule has 2 atom stereocenters. The zero-order chi connectivity index (χ0) is 25.5. The van der Waals surface area contributed by atoms with E-state index in [1.807, 2.05) is 25.7 Å². The van der Waals surface area contributed by atoms with Crippen LogP contribution in [0, 0.1) is 6.92 Å². The van der Waals surface area contributed by atoms with Crippen LogP contribution in [0.4, 0.5) is 4.79 Å². The molecule has 34 heavy (non-hydrogen) atoms. The van der Waals surface area contributed by atoms with E-state index in [0.29, 0.717) is 12.1 Å². The van der Waals surface area contributed by atoms with Gasteiger partial charge in [0, 0.05) is 24.5 Å². The molecule has 3 aliphatic rings. The van der Waals surface area contributed by atoms with Crippen LogP contribution in [0.2, 0.25) is 0 Å². The first-order valence-corrected chi connectivity index (χ1v) is 14.1. The van der Waals surface area contributed by atoms with Gasteiger partial charge in [-0.05, 0) is 72.6 Å². The summed E-state index contributed by atoms with van der Waals surface area (Å²) in [6, 6.07) is 0.914. The second kappa shape index (κ2) is 12.2. The molecule has 194 valence electrons. The number of rotatable bonds is 1. The van der Waals surface area contributed by atoms with E-state index >= 15 is 0 Å². The predicted molar refractivity (Wildman–Crippen MR) is 131 cm³/mol. The summed E-state index contributed by atoms with van der Waals surface area (Å²) in [7, 11) is -3.32. The van der Waals surface area contributed by atoms with Crippen molar-refractivity contribution in [1.82, 2.24) is 14.9 Å². The number of hydrogen-bond acceptors (Lipinski definition) is 7. The van der Waals surface area contributed by atoms with Crippen molar-refractivity contribution in [2.24, 2.45) is 0 Å². The lowest BCUT2D eigenvalue weighted by Gasteiger charge is -2.35. The maximum Gasteiger partial charge on any atom is 0.410 e. The Labute approximate surface area is 203 Å². The first kappa shape index (κ1) is 28.3. The zero-order valence-corrected chi connectivity index (χ0v) is 22.0. The molecule has 3 fully saturated rings. The van der Waals surface area contributed by atoms with Gasteiger partial charge in [0.15, 0.2) is 14.9 Å². The topological polar surface area (TPSA) is 130 Å². The van der Waals surface area contributed by atoms with E-state index in [0.717, 1.165) is 38.1 Å². The van der Waals surface area contributed by atoms with E-state index in [1.54, 1.807) is 0 Å². The molecule has 2 unspecified atom stereocenters. The highest BCUT2D eigenvalue weighted by atomic mass is 32.2. The molecule has 0 aromatic carbocycles. The number of carbonyl (C=O) groups excluding carboxylic acids is 1. The fraction of sp³-hybridized carbons (Fsp3) is 0.792. The van der Waals surface area contributed by atoms with Crippen LogP contribution in [0.25, 0.3) is 0 Å². The molecule has 1 aromatic rings. The number of aliphatic hydroxyl groups excluding tert-OH is 1. The number of nitrogens with one attached hydrogen (secondary N) is 1. The molecular formula is C24H41N3O6S. The first-order chi connectivity index (χ1) is 15.8. The van der Waals surface area contributed by atoms with Crippen LogP contribution in [0.5, 0.6) is 0 Å². The largest absolute Gasteiger partial charge is 0.444 e. The number of aromatic amines is 1. The van der Waals surface area contributed by atoms with Crippen LogP contribution >= 0.6 is 0 Å². The molecular weight excluding hydrogens is 458 g/mol. The van der Waals surface area contributed by atoms with Crippen molar-refractivity contribution in [3.63, 3.8) is 0 Å². The third kappa shape index (κ3) is 9.02. The van der Waals surface area contributed by atoms with Crippen LogP contribution in [-0.2, 0) is 14.6 Å². The molecule has 1 amide bonds. The Morgan fingerprint density at radius 2 is 1.62 bits per heavy atom. The maximum absolute atomic E-state index is 12.0. The van der Waals surface area contributed by atoms with Gasteiger partial charge in [-0.1, -0.05) is 19.3 Å². The van der Waals surface area contributed by atoms with E-state index in [-0.39, 0.29) is 34.1 Å². The normalized spacial score (nSPS) is 22.7. The second-order valence-corrected chi connectivity index (χ2v) is 12.4. The SMILES string of the molecule is CC(C)(C)OC(=O)N1C2CCCC1CC2.Cc1nc(S(C)(=O)=O)c[nH]c1=O.OC1CCCCC1. The lowest BCUT2D eigenvalue weighted by molar-refractivity contribution is 0.00783. The van der Waals surface area contributed by atoms with Crippen molar-refractivity contribution >= 4 is 15.9 Å². The Morgan fingerprint density at radius 3 is 2.03 bits per heavy atom. The Bertz CT molecular complexity index is 948. The molecule has 2 bridgehead atoms. The van der Waals surface area contributed by atoms with E-state index in [1.165, 1.54) is 45.4 Å². The summed E-state index contributed by atoms with van der Waals surface area (Å²) in [5.41, 5.74) is -0.589. The fourth-order valence-electron chi connectivity index (χ4n) is 4.48. The molecule has 9 nitrogen and oxygen atoms in total. The summed E-state index contributed by atoms with van der Waals surface area (Å²) >= 11 is 0. The third-order valence-electron chi connectivity index (χ3n) is 6.19. The van der Waals surface area contributed by atoms with Gasteiger partial charge in [-0.25, -0.2) is 18.2 Å². The number of ether oxygens (including phenoxy) is 1. The van der Waals surface area contributed by atoms with Crippen molar-refractivity contribution in [3.05, 3.63) is 22.2 Å². The number of fused-ring (bicyclic) bond motifs is 2. The summed E-state index contributed by atoms with van der Waals surface area (Å²) < 4.78 is 27.3. The van der Waals surface area contributed by atoms with Gasteiger partial charge >= 0.3 is 6.09 Å². The molecule has 2 N–H and O–H groups in total. The van der Waals surface area contributed by atoms with E-state index in [4.69, 9.17) is 9.84 Å². The van der Waals surface area contributed by atoms with Crippen LogP contribution in [-0.4, -0.2) is 64.5 Å². The van der Waals surface area contributed by atoms with Gasteiger partial charge in [-0.15, -0.1) is 0 Å². The summed E-state index contributed by atoms with van der Waals surface area (Å²) in [5, 5.41) is 8.80. The monoisotopic (exact) mass is 499 g/mol. The minimum Gasteiger partial charge on any atom is -0.444 e. The number of nitrogens with zero attached hydrogens (tertiary/aromatic N) is 2. The second-order valence-electron chi connectivity index (χ2n) is 10.4. The number of piperidine rings is 1. The van der Waals surface area contributed by atoms with E-state index in [2.05, 4.69) is 9.97 Å². The van der Waals surface area contributed by atoms with Gasteiger partial charge in [0.1, 0.15) is 11.3 Å². The highest BCUT2D eigenvalue weighted by Crippen LogP contribution is 2.36. The summed E-state index contributed by atoms with van der Waals surface area (Å²) in [6.45, 7) is 7.23. The lowest BCUT2D eigenvalue weighted by atomic mass is 9.98. The fourth-order valence-corrected chi connectivity index (χ4v) is 5.06. The van der Waals surface area contributed by atoms with Gasteiger partial charge in [0.25, 0.3) is 5.56 Å². The number of aliphatic hydroxyl groups is 1. The van der Waals surface area contributed by atoms with Crippen LogP contribution in [0.1, 0.15) is 90.7 Å². The maximum atomic E-state index is 12.0. The Hall–Kier alpha value is -1.94. The van der Waals surface area contributed by atoms with Gasteiger partial charge in [-0.2, -0.15) is 0 Å². The lowest BCUT2D eigenvalue weighted by Crippen LogP contribution is -2.46. The molecule has 1 aliphatic carbocycles. The van der Waals surface area contributed by atoms with Crippen molar-refractivity contribution in [1.29, 1.82) is 0 Å². The summed E-state index contributed by atoms with van der Waals surface area (Å²) in [5.74, 6) is 0. The molecule has 2 saturated heterocycles. The first-order valence-electron chi connectivity index (χ1n) is 12.2. The molecule has 1 aromatic heterocycles. The number of aryl methyl sites for hydroxylation is 1. The summed E-state index contributed by atoms with van der Waals surface area (Å²) in [4.78, 5) is 30.6. The molecule has 0 spiro atoms. The number of H-pyrrole nitrogens is 1. The third-order valence-corrected chi connectivity index (χ3v) is 7.16. The Balaban J connectivity index is 0.000000192. The highest BCUT2D eigenvalue weighted by Gasteiger charge is 2.41. The number of carbonyl (C=O) groups is 1. The quantitative estimate of drug-likeness (QED) is 0.602. The minimum atomic E-state index is -3.32. The van der Waals surface area contributed by atoms with E-state index < -0.39 is 9.84 Å². The van der Waals surface area contributed by atoms with Gasteiger partial charge in [0.05, 0.1) is 6.10 Å². The highest BCUT2D eigenvalue weighted by molar-refractivity contribution is 7.90. The number of hydrogen-bond donors (Lipinski definition) is 2. The van der Waals surface area contributed by atoms with Gasteiger partial charge in [-0.3, -0.25) is 4.79 Å². The van der Waals surface area contributed by atoms with Crippen LogP contribution in [0.15, 0.2) is 16.0 Å². The van der Waals surface area contributed by atoms with Crippen LogP contribution < -0.4 is 5.56 Å². The van der Waals surface area contributed by atoms with Gasteiger partial charge in [0.2, 0.25) is 0 Å². The van der Waals surface area contributed by atoms with Crippen molar-refractivity contribution in [2.45, 2.75) is 121 Å². The van der Waals surface area contributed by atoms with Crippen molar-refractivity contribution in [2.75, 3.05) is 6.26 Å². The zero-order valence-electron chi connectivity index (χ0n) is 21.2. The molecule has 1 saturated carbocycles. The number of sulfone groups is 1. The Morgan fingerprint density at radius 1 is 1.06 bits per heavy atom. The average molecular weight is 500 g/mol. The molecule has 3 heterocycles. The molecule has 2 aliphatic heterocycles. The minimum absolute atomic E-state index is 0.0359. The standard InChI is InChI=1S/C12H21NO2.C6H8N2O3S.C6H12O/c1-12(2,3)15-11(14)13-9-5-4-6-10(13)8-7-9;1-4-6(9)7-3-5(8-4)12(2,10)11;7-6-4-2-1-3-5-6/h9-10H,4-8H2,1-3H3;3H,1-2H3,(H,7,9);6-7H,1-5H2. The van der Waals surface area contributed by atoms with Crippen molar-refractivity contribution < 1.29 is 23.1 Å². The molecule has 4 rings (SSSR count). The number of aromatic nitrogens is 2. The number of amides is 1.